The Morgan fingerprint density at radius 2 is 1.71 bits per heavy atom. The van der Waals surface area contributed by atoms with E-state index in [2.05, 4.69) is 10.6 Å². The normalized spacial score (nSPS) is 15.6. The molecule has 0 aliphatic carbocycles. The van der Waals surface area contributed by atoms with Crippen molar-refractivity contribution in [2.45, 2.75) is 33.1 Å². The van der Waals surface area contributed by atoms with Crippen LogP contribution < -0.4 is 10.6 Å². The van der Waals surface area contributed by atoms with Gasteiger partial charge in [-0.3, -0.25) is 4.79 Å². The quantitative estimate of drug-likeness (QED) is 0.893. The molecule has 0 bridgehead atoms. The van der Waals surface area contributed by atoms with Gasteiger partial charge in [-0.25, -0.2) is 4.79 Å². The first kappa shape index (κ1) is 15.4. The van der Waals surface area contributed by atoms with Crippen LogP contribution in [0.1, 0.15) is 33.1 Å². The molecule has 1 aliphatic rings. The van der Waals surface area contributed by atoms with E-state index in [4.69, 9.17) is 0 Å². The van der Waals surface area contributed by atoms with Gasteiger partial charge in [0.15, 0.2) is 0 Å². The first-order valence-corrected chi connectivity index (χ1v) is 7.57. The molecule has 1 heterocycles. The summed E-state index contributed by atoms with van der Waals surface area (Å²) in [6.07, 6.45) is 2.90. The number of hydrogen-bond donors (Lipinski definition) is 2. The third kappa shape index (κ3) is 3.97. The largest absolute Gasteiger partial charge is 0.325 e. The zero-order chi connectivity index (χ0) is 15.2. The van der Waals surface area contributed by atoms with Crippen LogP contribution in [0.25, 0.3) is 0 Å². The second kappa shape index (κ2) is 7.11. The summed E-state index contributed by atoms with van der Waals surface area (Å²) in [6.45, 7) is 5.46. The van der Waals surface area contributed by atoms with E-state index in [0.29, 0.717) is 11.4 Å². The molecule has 2 N–H and O–H groups in total. The van der Waals surface area contributed by atoms with Crippen LogP contribution in [-0.2, 0) is 4.79 Å². The van der Waals surface area contributed by atoms with Gasteiger partial charge in [0.1, 0.15) is 0 Å². The lowest BCUT2D eigenvalue weighted by Gasteiger charge is -2.19. The summed E-state index contributed by atoms with van der Waals surface area (Å²) in [5.41, 5.74) is 1.29. The summed E-state index contributed by atoms with van der Waals surface area (Å²) in [4.78, 5) is 25.9. The number of benzene rings is 1. The lowest BCUT2D eigenvalue weighted by molar-refractivity contribution is -0.119. The second-order valence-corrected chi connectivity index (χ2v) is 5.47. The van der Waals surface area contributed by atoms with Crippen LogP contribution in [0.2, 0.25) is 0 Å². The number of carbonyl (C=O) groups is 2. The van der Waals surface area contributed by atoms with Crippen molar-refractivity contribution in [3.8, 4) is 0 Å². The fraction of sp³-hybridized carbons (Fsp3) is 0.500. The number of hydrogen-bond acceptors (Lipinski definition) is 2. The van der Waals surface area contributed by atoms with Gasteiger partial charge in [-0.1, -0.05) is 26.0 Å². The fourth-order valence-corrected chi connectivity index (χ4v) is 2.26. The summed E-state index contributed by atoms with van der Waals surface area (Å²) in [5.74, 6) is -0.0762. The molecule has 1 aliphatic heterocycles. The molecule has 1 saturated heterocycles. The molecule has 5 heteroatoms. The number of anilines is 2. The van der Waals surface area contributed by atoms with Gasteiger partial charge in [-0.2, -0.15) is 0 Å². The summed E-state index contributed by atoms with van der Waals surface area (Å²) in [6, 6.07) is 7.20. The highest BCUT2D eigenvalue weighted by Crippen LogP contribution is 2.23. The van der Waals surface area contributed by atoms with E-state index in [-0.39, 0.29) is 17.9 Å². The number of nitrogens with one attached hydrogen (secondary N) is 2. The molecule has 1 atom stereocenters. The van der Waals surface area contributed by atoms with E-state index in [9.17, 15) is 9.59 Å². The van der Waals surface area contributed by atoms with Crippen LogP contribution in [0, 0.1) is 5.92 Å². The second-order valence-electron chi connectivity index (χ2n) is 5.47. The fourth-order valence-electron chi connectivity index (χ4n) is 2.26. The maximum absolute atomic E-state index is 12.1. The zero-order valence-corrected chi connectivity index (χ0v) is 12.7. The van der Waals surface area contributed by atoms with Crippen molar-refractivity contribution in [1.82, 2.24) is 4.90 Å². The molecule has 1 aromatic carbocycles. The van der Waals surface area contributed by atoms with Crippen molar-refractivity contribution in [3.63, 3.8) is 0 Å². The number of nitrogens with zero attached hydrogens (tertiary/aromatic N) is 1. The van der Waals surface area contributed by atoms with Crippen molar-refractivity contribution < 1.29 is 9.59 Å². The Bertz CT molecular complexity index is 510. The van der Waals surface area contributed by atoms with Crippen LogP contribution in [-0.4, -0.2) is 29.9 Å². The highest BCUT2D eigenvalue weighted by Gasteiger charge is 2.19. The molecule has 1 fully saturated rings. The molecule has 1 aromatic rings. The van der Waals surface area contributed by atoms with Crippen molar-refractivity contribution in [2.24, 2.45) is 5.92 Å². The number of carbonyl (C=O) groups excluding carboxylic acids is 2. The molecule has 114 valence electrons. The van der Waals surface area contributed by atoms with E-state index in [1.807, 2.05) is 26.0 Å². The van der Waals surface area contributed by atoms with E-state index >= 15 is 0 Å². The van der Waals surface area contributed by atoms with Crippen LogP contribution in [0.3, 0.4) is 0 Å². The Morgan fingerprint density at radius 3 is 2.29 bits per heavy atom. The number of para-hydroxylation sites is 2. The lowest BCUT2D eigenvalue weighted by Crippen LogP contribution is -2.32. The Labute approximate surface area is 125 Å². The van der Waals surface area contributed by atoms with Crippen molar-refractivity contribution in [1.29, 1.82) is 0 Å². The first-order valence-electron chi connectivity index (χ1n) is 7.57. The lowest BCUT2D eigenvalue weighted by atomic mass is 10.1. The van der Waals surface area contributed by atoms with Crippen molar-refractivity contribution in [2.75, 3.05) is 23.7 Å². The molecular formula is C16H23N3O2. The predicted molar refractivity (Wildman–Crippen MR) is 84.4 cm³/mol. The minimum absolute atomic E-state index is 0.0274. The number of likely N-dealkylation sites (tertiary alicyclic amines) is 1. The molecule has 0 aromatic heterocycles. The monoisotopic (exact) mass is 289 g/mol. The molecule has 0 radical (unpaired) electrons. The van der Waals surface area contributed by atoms with Gasteiger partial charge in [0.2, 0.25) is 5.91 Å². The van der Waals surface area contributed by atoms with Crippen LogP contribution in [0.4, 0.5) is 16.2 Å². The Balaban J connectivity index is 2.05. The van der Waals surface area contributed by atoms with Crippen LogP contribution >= 0.6 is 0 Å². The molecule has 1 unspecified atom stereocenters. The molecular weight excluding hydrogens is 266 g/mol. The minimum Gasteiger partial charge on any atom is -0.325 e. The third-order valence-electron chi connectivity index (χ3n) is 3.88. The smallest absolute Gasteiger partial charge is 0.321 e. The van der Waals surface area contributed by atoms with Gasteiger partial charge in [0, 0.05) is 19.0 Å². The van der Waals surface area contributed by atoms with Gasteiger partial charge in [-0.05, 0) is 31.4 Å². The molecule has 0 spiro atoms. The van der Waals surface area contributed by atoms with Crippen molar-refractivity contribution in [3.05, 3.63) is 24.3 Å². The van der Waals surface area contributed by atoms with Gasteiger partial charge in [0.05, 0.1) is 11.4 Å². The standard InChI is InChI=1S/C16H23N3O2/c1-3-12(2)15(20)17-13-8-4-5-9-14(13)18-16(21)19-10-6-7-11-19/h4-5,8-9,12H,3,6-7,10-11H2,1-2H3,(H,17,20)(H,18,21). The topological polar surface area (TPSA) is 61.4 Å². The molecule has 2 rings (SSSR count). The van der Waals surface area contributed by atoms with E-state index < -0.39 is 0 Å². The van der Waals surface area contributed by atoms with E-state index in [1.165, 1.54) is 0 Å². The third-order valence-corrected chi connectivity index (χ3v) is 3.88. The van der Waals surface area contributed by atoms with Gasteiger partial charge < -0.3 is 15.5 Å². The Morgan fingerprint density at radius 1 is 1.14 bits per heavy atom. The number of amides is 3. The maximum Gasteiger partial charge on any atom is 0.321 e. The van der Waals surface area contributed by atoms with Crippen LogP contribution in [0.15, 0.2) is 24.3 Å². The summed E-state index contributed by atoms with van der Waals surface area (Å²) in [5, 5.41) is 5.77. The van der Waals surface area contributed by atoms with E-state index in [1.54, 1.807) is 17.0 Å². The minimum atomic E-state index is -0.0993. The molecule has 3 amide bonds. The summed E-state index contributed by atoms with van der Waals surface area (Å²) >= 11 is 0. The predicted octanol–water partition coefficient (Wildman–Crippen LogP) is 3.30. The van der Waals surface area contributed by atoms with Gasteiger partial charge in [0.25, 0.3) is 0 Å². The highest BCUT2D eigenvalue weighted by atomic mass is 16.2. The van der Waals surface area contributed by atoms with Gasteiger partial charge in [-0.15, -0.1) is 0 Å². The molecule has 5 nitrogen and oxygen atoms in total. The summed E-state index contributed by atoms with van der Waals surface area (Å²) < 4.78 is 0. The highest BCUT2D eigenvalue weighted by molar-refractivity contribution is 5.99. The molecule has 21 heavy (non-hydrogen) atoms. The SMILES string of the molecule is CCC(C)C(=O)Nc1ccccc1NC(=O)N1CCCC1. The zero-order valence-electron chi connectivity index (χ0n) is 12.7. The first-order chi connectivity index (χ1) is 10.1. The molecule has 0 saturated carbocycles. The maximum atomic E-state index is 12.1. The Kier molecular flexibility index (Phi) is 5.20. The van der Waals surface area contributed by atoms with E-state index in [0.717, 1.165) is 32.4 Å². The average Bonchev–Trinajstić information content (AvgIpc) is 3.02. The van der Waals surface area contributed by atoms with Crippen molar-refractivity contribution >= 4 is 23.3 Å². The van der Waals surface area contributed by atoms with Gasteiger partial charge >= 0.3 is 6.03 Å². The Hall–Kier alpha value is -2.04. The average molecular weight is 289 g/mol. The summed E-state index contributed by atoms with van der Waals surface area (Å²) in [7, 11) is 0. The van der Waals surface area contributed by atoms with Crippen LogP contribution in [0.5, 0.6) is 0 Å². The number of urea groups is 1. The number of rotatable bonds is 4.